The molecule has 2 aromatic carbocycles. The van der Waals surface area contributed by atoms with Gasteiger partial charge >= 0.3 is 0 Å². The Morgan fingerprint density at radius 2 is 1.65 bits per heavy atom. The summed E-state index contributed by atoms with van der Waals surface area (Å²) in [5.41, 5.74) is 5.64. The Hall–Kier alpha value is -2.28. The van der Waals surface area contributed by atoms with Crippen molar-refractivity contribution in [2.24, 2.45) is 7.05 Å². The number of hydrogen-bond donors (Lipinski definition) is 0. The van der Waals surface area contributed by atoms with Crippen molar-refractivity contribution in [3.8, 4) is 0 Å². The zero-order valence-electron chi connectivity index (χ0n) is 12.0. The molecule has 0 fully saturated rings. The van der Waals surface area contributed by atoms with Gasteiger partial charge in [-0.25, -0.2) is 0 Å². The topological polar surface area (TPSA) is 4.93 Å². The third kappa shape index (κ3) is 2.53. The predicted molar refractivity (Wildman–Crippen MR) is 86.7 cm³/mol. The van der Waals surface area contributed by atoms with Gasteiger partial charge in [0, 0.05) is 18.8 Å². The van der Waals surface area contributed by atoms with Gasteiger partial charge in [0.2, 0.25) is 0 Å². The summed E-state index contributed by atoms with van der Waals surface area (Å²) >= 11 is 0. The fourth-order valence-corrected chi connectivity index (χ4v) is 2.67. The summed E-state index contributed by atoms with van der Waals surface area (Å²) < 4.78 is 2.12. The molecule has 0 amide bonds. The van der Waals surface area contributed by atoms with Crippen LogP contribution in [-0.2, 0) is 13.5 Å². The van der Waals surface area contributed by atoms with E-state index in [4.69, 9.17) is 0 Å². The van der Waals surface area contributed by atoms with Gasteiger partial charge < -0.3 is 4.57 Å². The third-order valence-electron chi connectivity index (χ3n) is 3.72. The van der Waals surface area contributed by atoms with E-state index in [2.05, 4.69) is 85.4 Å². The number of benzene rings is 2. The molecule has 1 heterocycles. The van der Waals surface area contributed by atoms with Crippen LogP contribution in [-0.4, -0.2) is 4.57 Å². The third-order valence-corrected chi connectivity index (χ3v) is 3.72. The van der Waals surface area contributed by atoms with Crippen molar-refractivity contribution in [1.82, 2.24) is 4.57 Å². The Kier molecular flexibility index (Phi) is 3.42. The second-order valence-corrected chi connectivity index (χ2v) is 5.35. The van der Waals surface area contributed by atoms with Gasteiger partial charge in [0.15, 0.2) is 0 Å². The highest BCUT2D eigenvalue weighted by atomic mass is 14.9. The molecule has 1 aliphatic carbocycles. The summed E-state index contributed by atoms with van der Waals surface area (Å²) in [6, 6.07) is 19.0. The SMILES string of the molecule is CC1=Cc2ccccc2C1.Cn1ccc2ccccc21. The number of nitrogens with zero attached hydrogens (tertiary/aromatic N) is 1. The van der Waals surface area contributed by atoms with Crippen molar-refractivity contribution in [2.45, 2.75) is 13.3 Å². The van der Waals surface area contributed by atoms with Crippen molar-refractivity contribution >= 4 is 17.0 Å². The van der Waals surface area contributed by atoms with Crippen molar-refractivity contribution in [3.05, 3.63) is 77.5 Å². The van der Waals surface area contributed by atoms with Crippen LogP contribution in [0.4, 0.5) is 0 Å². The smallest absolute Gasteiger partial charge is 0.0477 e. The number of fused-ring (bicyclic) bond motifs is 2. The molecule has 0 aliphatic heterocycles. The normalized spacial score (nSPS) is 12.6. The van der Waals surface area contributed by atoms with Gasteiger partial charge in [-0.05, 0) is 42.0 Å². The zero-order valence-corrected chi connectivity index (χ0v) is 12.0. The molecule has 0 saturated heterocycles. The molecule has 1 aliphatic rings. The second-order valence-electron chi connectivity index (χ2n) is 5.35. The zero-order chi connectivity index (χ0) is 13.9. The molecule has 1 aromatic heterocycles. The minimum absolute atomic E-state index is 1.15. The maximum atomic E-state index is 2.26. The van der Waals surface area contributed by atoms with Gasteiger partial charge in [-0.3, -0.25) is 0 Å². The highest BCUT2D eigenvalue weighted by molar-refractivity contribution is 5.79. The van der Waals surface area contributed by atoms with Crippen molar-refractivity contribution < 1.29 is 0 Å². The fraction of sp³-hybridized carbons (Fsp3) is 0.158. The summed E-state index contributed by atoms with van der Waals surface area (Å²) in [6.45, 7) is 2.18. The van der Waals surface area contributed by atoms with Crippen molar-refractivity contribution in [3.63, 3.8) is 0 Å². The average Bonchev–Trinajstić information content (AvgIpc) is 3.02. The molecule has 0 saturated carbocycles. The molecule has 0 spiro atoms. The van der Waals surface area contributed by atoms with Crippen LogP contribution in [0.5, 0.6) is 0 Å². The summed E-state index contributed by atoms with van der Waals surface area (Å²) in [5, 5.41) is 1.31. The van der Waals surface area contributed by atoms with Crippen LogP contribution in [0.2, 0.25) is 0 Å². The van der Waals surface area contributed by atoms with E-state index in [0.717, 1.165) is 6.42 Å². The molecule has 0 radical (unpaired) electrons. The Morgan fingerprint density at radius 3 is 2.45 bits per heavy atom. The van der Waals surface area contributed by atoms with Crippen LogP contribution in [0.1, 0.15) is 18.1 Å². The van der Waals surface area contributed by atoms with E-state index < -0.39 is 0 Å². The first kappa shape index (κ1) is 12.7. The average molecular weight is 261 g/mol. The number of hydrogen-bond acceptors (Lipinski definition) is 0. The maximum absolute atomic E-state index is 2.26. The largest absolute Gasteiger partial charge is 0.351 e. The van der Waals surface area contributed by atoms with E-state index in [1.54, 1.807) is 0 Å². The van der Waals surface area contributed by atoms with Gasteiger partial charge in [-0.15, -0.1) is 0 Å². The lowest BCUT2D eigenvalue weighted by atomic mass is 10.1. The summed E-state index contributed by atoms with van der Waals surface area (Å²) in [6.07, 6.45) is 5.48. The summed E-state index contributed by atoms with van der Waals surface area (Å²) in [5.74, 6) is 0. The lowest BCUT2D eigenvalue weighted by molar-refractivity contribution is 0.969. The van der Waals surface area contributed by atoms with Gasteiger partial charge in [0.25, 0.3) is 0 Å². The summed E-state index contributed by atoms with van der Waals surface area (Å²) in [7, 11) is 2.06. The first-order valence-corrected chi connectivity index (χ1v) is 6.99. The molecule has 3 aromatic rings. The Morgan fingerprint density at radius 1 is 0.900 bits per heavy atom. The van der Waals surface area contributed by atoms with Gasteiger partial charge in [0.05, 0.1) is 0 Å². The molecule has 20 heavy (non-hydrogen) atoms. The molecular weight excluding hydrogens is 242 g/mol. The monoisotopic (exact) mass is 261 g/mol. The number of aryl methyl sites for hydroxylation is 1. The molecule has 1 heteroatoms. The maximum Gasteiger partial charge on any atom is 0.0477 e. The van der Waals surface area contributed by atoms with E-state index in [9.17, 15) is 0 Å². The molecule has 0 unspecified atom stereocenters. The Balaban J connectivity index is 0.000000121. The first-order chi connectivity index (χ1) is 9.74. The van der Waals surface area contributed by atoms with Crippen LogP contribution in [0.15, 0.2) is 66.4 Å². The Labute approximate surface area is 120 Å². The number of aromatic nitrogens is 1. The van der Waals surface area contributed by atoms with Crippen molar-refractivity contribution in [1.29, 1.82) is 0 Å². The number of allylic oxidation sites excluding steroid dienone is 1. The molecule has 0 atom stereocenters. The van der Waals surface area contributed by atoms with E-state index in [1.807, 2.05) is 0 Å². The molecular formula is C19H19N. The van der Waals surface area contributed by atoms with Crippen LogP contribution in [0.3, 0.4) is 0 Å². The van der Waals surface area contributed by atoms with Gasteiger partial charge in [-0.2, -0.15) is 0 Å². The number of rotatable bonds is 0. The Bertz CT molecular complexity index is 762. The fourth-order valence-electron chi connectivity index (χ4n) is 2.67. The standard InChI is InChI=1S/C10H10.C9H9N/c1-8-6-9-4-2-3-5-10(9)7-8;1-10-7-6-8-4-2-3-5-9(8)10/h2-6H,7H2,1H3;2-7H,1H3. The van der Waals surface area contributed by atoms with Crippen LogP contribution in [0.25, 0.3) is 17.0 Å². The predicted octanol–water partition coefficient (Wildman–Crippen LogP) is 4.82. The highest BCUT2D eigenvalue weighted by Gasteiger charge is 2.06. The van der Waals surface area contributed by atoms with Gasteiger partial charge in [0.1, 0.15) is 0 Å². The van der Waals surface area contributed by atoms with E-state index >= 15 is 0 Å². The van der Waals surface area contributed by atoms with Gasteiger partial charge in [-0.1, -0.05) is 54.1 Å². The quantitative estimate of drug-likeness (QED) is 0.546. The number of para-hydroxylation sites is 1. The van der Waals surface area contributed by atoms with Crippen LogP contribution < -0.4 is 0 Å². The van der Waals surface area contributed by atoms with E-state index in [-0.39, 0.29) is 0 Å². The lowest BCUT2D eigenvalue weighted by Crippen LogP contribution is -1.81. The van der Waals surface area contributed by atoms with E-state index in [1.165, 1.54) is 27.6 Å². The van der Waals surface area contributed by atoms with E-state index in [0.29, 0.717) is 0 Å². The molecule has 4 rings (SSSR count). The summed E-state index contributed by atoms with van der Waals surface area (Å²) in [4.78, 5) is 0. The minimum atomic E-state index is 1.15. The molecule has 1 nitrogen and oxygen atoms in total. The molecule has 0 bridgehead atoms. The molecule has 100 valence electrons. The first-order valence-electron chi connectivity index (χ1n) is 6.99. The lowest BCUT2D eigenvalue weighted by Gasteiger charge is -1.93. The molecule has 0 N–H and O–H groups in total. The van der Waals surface area contributed by atoms with Crippen molar-refractivity contribution in [2.75, 3.05) is 0 Å². The van der Waals surface area contributed by atoms with Crippen LogP contribution in [0, 0.1) is 0 Å². The highest BCUT2D eigenvalue weighted by Crippen LogP contribution is 2.23. The second kappa shape index (κ2) is 5.38. The van der Waals surface area contributed by atoms with Crippen LogP contribution >= 0.6 is 0 Å². The minimum Gasteiger partial charge on any atom is -0.351 e.